The van der Waals surface area contributed by atoms with Gasteiger partial charge in [-0.15, -0.1) is 0 Å². The van der Waals surface area contributed by atoms with Crippen molar-refractivity contribution >= 4 is 21.6 Å². The molecule has 0 unspecified atom stereocenters. The number of hydrogen-bond donors (Lipinski definition) is 1. The molecule has 6 nitrogen and oxygen atoms in total. The first-order valence-electron chi connectivity index (χ1n) is 10.3. The predicted octanol–water partition coefficient (Wildman–Crippen LogP) is 3.09. The first kappa shape index (κ1) is 22.5. The number of sulfonamides is 1. The maximum atomic E-state index is 12.8. The lowest BCUT2D eigenvalue weighted by molar-refractivity contribution is -0.121. The minimum absolute atomic E-state index is 0.00978. The largest absolute Gasteiger partial charge is 0.324 e. The van der Waals surface area contributed by atoms with E-state index < -0.39 is 10.0 Å². The fourth-order valence-corrected chi connectivity index (χ4v) is 5.53. The summed E-state index contributed by atoms with van der Waals surface area (Å²) in [6, 6.07) is 13.0. The second-order valence-corrected chi connectivity index (χ2v) is 10.1. The summed E-state index contributed by atoms with van der Waals surface area (Å²) in [7, 11) is -3.36. The fourth-order valence-electron chi connectivity index (χ4n) is 4.02. The van der Waals surface area contributed by atoms with E-state index in [1.807, 2.05) is 62.9 Å². The topological polar surface area (TPSA) is 69.7 Å². The third-order valence-corrected chi connectivity index (χ3v) is 7.56. The molecular weight excluding hydrogens is 398 g/mol. The minimum Gasteiger partial charge on any atom is -0.324 e. The molecular formula is C23H31N3O3S. The Kier molecular flexibility index (Phi) is 6.95. The van der Waals surface area contributed by atoms with Gasteiger partial charge in [-0.05, 0) is 44.4 Å². The second kappa shape index (κ2) is 9.29. The van der Waals surface area contributed by atoms with Gasteiger partial charge < -0.3 is 5.32 Å². The SMILES string of the molecule is Cc1cc(C)c(NC(=O)[C@H](C)N2CCN(S(=O)(=O)Cc3ccccc3)CC2)c(C)c1. The molecule has 162 valence electrons. The average molecular weight is 430 g/mol. The molecule has 1 N–H and O–H groups in total. The van der Waals surface area contributed by atoms with E-state index in [1.54, 1.807) is 0 Å². The zero-order valence-corrected chi connectivity index (χ0v) is 19.0. The molecule has 1 heterocycles. The molecule has 0 radical (unpaired) electrons. The molecule has 0 spiro atoms. The molecule has 3 rings (SSSR count). The number of carbonyl (C=O) groups is 1. The first-order chi connectivity index (χ1) is 14.2. The standard InChI is InChI=1S/C23H31N3O3S/c1-17-14-18(2)22(19(3)15-17)24-23(27)20(4)25-10-12-26(13-11-25)30(28,29)16-21-8-6-5-7-9-21/h5-9,14-15,20H,10-13,16H2,1-4H3,(H,24,27)/t20-/m0/s1. The van der Waals surface area contributed by atoms with Crippen LogP contribution in [0.3, 0.4) is 0 Å². The molecule has 1 atom stereocenters. The van der Waals surface area contributed by atoms with Crippen molar-refractivity contribution in [3.63, 3.8) is 0 Å². The Morgan fingerprint density at radius 2 is 1.57 bits per heavy atom. The first-order valence-corrected chi connectivity index (χ1v) is 11.9. The van der Waals surface area contributed by atoms with Gasteiger partial charge in [0.05, 0.1) is 11.8 Å². The Hall–Kier alpha value is -2.22. The number of carbonyl (C=O) groups excluding carboxylic acids is 1. The Balaban J connectivity index is 1.58. The number of benzene rings is 2. The van der Waals surface area contributed by atoms with Crippen LogP contribution in [-0.2, 0) is 20.6 Å². The quantitative estimate of drug-likeness (QED) is 0.766. The summed E-state index contributed by atoms with van der Waals surface area (Å²) in [4.78, 5) is 14.9. The highest BCUT2D eigenvalue weighted by Gasteiger charge is 2.31. The van der Waals surface area contributed by atoms with Crippen molar-refractivity contribution in [2.24, 2.45) is 0 Å². The third kappa shape index (κ3) is 5.28. The number of anilines is 1. The van der Waals surface area contributed by atoms with Gasteiger partial charge in [-0.2, -0.15) is 4.31 Å². The zero-order chi connectivity index (χ0) is 21.9. The molecule has 1 aliphatic heterocycles. The van der Waals surface area contributed by atoms with Crippen LogP contribution in [0, 0.1) is 20.8 Å². The van der Waals surface area contributed by atoms with Crippen LogP contribution in [0.1, 0.15) is 29.2 Å². The van der Waals surface area contributed by atoms with Crippen molar-refractivity contribution in [2.75, 3.05) is 31.5 Å². The smallest absolute Gasteiger partial charge is 0.241 e. The Labute approximate surface area is 179 Å². The van der Waals surface area contributed by atoms with Crippen LogP contribution in [0.15, 0.2) is 42.5 Å². The van der Waals surface area contributed by atoms with Crippen LogP contribution in [0.2, 0.25) is 0 Å². The molecule has 2 aromatic carbocycles. The van der Waals surface area contributed by atoms with Gasteiger partial charge in [0, 0.05) is 31.9 Å². The molecule has 30 heavy (non-hydrogen) atoms. The van der Waals surface area contributed by atoms with Crippen molar-refractivity contribution in [3.8, 4) is 0 Å². The lowest BCUT2D eigenvalue weighted by Gasteiger charge is -2.36. The van der Waals surface area contributed by atoms with E-state index in [-0.39, 0.29) is 17.7 Å². The molecule has 1 aliphatic rings. The molecule has 0 aromatic heterocycles. The van der Waals surface area contributed by atoms with Crippen LogP contribution in [-0.4, -0.2) is 55.8 Å². The highest BCUT2D eigenvalue weighted by molar-refractivity contribution is 7.88. The molecule has 0 aliphatic carbocycles. The molecule has 1 amide bonds. The van der Waals surface area contributed by atoms with Gasteiger partial charge in [0.15, 0.2) is 0 Å². The predicted molar refractivity (Wildman–Crippen MR) is 121 cm³/mol. The molecule has 1 fully saturated rings. The maximum Gasteiger partial charge on any atom is 0.241 e. The number of nitrogens with one attached hydrogen (secondary N) is 1. The van der Waals surface area contributed by atoms with E-state index in [2.05, 4.69) is 17.4 Å². The molecule has 0 bridgehead atoms. The number of hydrogen-bond acceptors (Lipinski definition) is 4. The van der Waals surface area contributed by atoms with E-state index in [0.29, 0.717) is 26.2 Å². The maximum absolute atomic E-state index is 12.8. The van der Waals surface area contributed by atoms with Gasteiger partial charge in [-0.3, -0.25) is 9.69 Å². The number of nitrogens with zero attached hydrogens (tertiary/aromatic N) is 2. The van der Waals surface area contributed by atoms with Crippen molar-refractivity contribution in [2.45, 2.75) is 39.5 Å². The summed E-state index contributed by atoms with van der Waals surface area (Å²) in [6.45, 7) is 9.78. The summed E-state index contributed by atoms with van der Waals surface area (Å²) in [5.41, 5.74) is 4.91. The van der Waals surface area contributed by atoms with Crippen LogP contribution < -0.4 is 5.32 Å². The molecule has 0 saturated carbocycles. The van der Waals surface area contributed by atoms with E-state index >= 15 is 0 Å². The highest BCUT2D eigenvalue weighted by Crippen LogP contribution is 2.23. The number of aryl methyl sites for hydroxylation is 3. The summed E-state index contributed by atoms with van der Waals surface area (Å²) >= 11 is 0. The Morgan fingerprint density at radius 3 is 2.13 bits per heavy atom. The summed E-state index contributed by atoms with van der Waals surface area (Å²) in [5, 5.41) is 3.06. The molecule has 1 saturated heterocycles. The van der Waals surface area contributed by atoms with Crippen LogP contribution in [0.4, 0.5) is 5.69 Å². The second-order valence-electron chi connectivity index (χ2n) is 8.12. The fraction of sp³-hybridized carbons (Fsp3) is 0.435. The number of piperazine rings is 1. The third-order valence-electron chi connectivity index (χ3n) is 5.71. The van der Waals surface area contributed by atoms with Gasteiger partial charge in [-0.25, -0.2) is 8.42 Å². The summed E-state index contributed by atoms with van der Waals surface area (Å²) < 4.78 is 27.0. The summed E-state index contributed by atoms with van der Waals surface area (Å²) in [5.74, 6) is -0.0544. The van der Waals surface area contributed by atoms with Crippen molar-refractivity contribution in [3.05, 3.63) is 64.7 Å². The van der Waals surface area contributed by atoms with Gasteiger partial charge in [0.2, 0.25) is 15.9 Å². The monoisotopic (exact) mass is 429 g/mol. The van der Waals surface area contributed by atoms with E-state index in [4.69, 9.17) is 0 Å². The van der Waals surface area contributed by atoms with Gasteiger partial charge in [0.25, 0.3) is 0 Å². The van der Waals surface area contributed by atoms with Crippen molar-refractivity contribution in [1.82, 2.24) is 9.21 Å². The van der Waals surface area contributed by atoms with E-state index in [0.717, 1.165) is 22.4 Å². The highest BCUT2D eigenvalue weighted by atomic mass is 32.2. The Bertz CT molecular complexity index is 975. The van der Waals surface area contributed by atoms with Crippen LogP contribution >= 0.6 is 0 Å². The van der Waals surface area contributed by atoms with E-state index in [9.17, 15) is 13.2 Å². The molecule has 7 heteroatoms. The lowest BCUT2D eigenvalue weighted by atomic mass is 10.0. The normalized spacial score (nSPS) is 16.9. The van der Waals surface area contributed by atoms with Gasteiger partial charge >= 0.3 is 0 Å². The number of amides is 1. The molecule has 2 aromatic rings. The van der Waals surface area contributed by atoms with E-state index in [1.165, 1.54) is 9.87 Å². The van der Waals surface area contributed by atoms with Crippen molar-refractivity contribution in [1.29, 1.82) is 0 Å². The van der Waals surface area contributed by atoms with Crippen LogP contribution in [0.25, 0.3) is 0 Å². The average Bonchev–Trinajstić information content (AvgIpc) is 2.70. The zero-order valence-electron chi connectivity index (χ0n) is 18.2. The number of rotatable bonds is 6. The van der Waals surface area contributed by atoms with Gasteiger partial charge in [0.1, 0.15) is 0 Å². The van der Waals surface area contributed by atoms with Gasteiger partial charge in [-0.1, -0.05) is 48.0 Å². The summed E-state index contributed by atoms with van der Waals surface area (Å²) in [6.07, 6.45) is 0. The Morgan fingerprint density at radius 1 is 1.00 bits per heavy atom. The minimum atomic E-state index is -3.36. The lowest BCUT2D eigenvalue weighted by Crippen LogP contribution is -2.54. The van der Waals surface area contributed by atoms with Crippen molar-refractivity contribution < 1.29 is 13.2 Å². The van der Waals surface area contributed by atoms with Crippen LogP contribution in [0.5, 0.6) is 0 Å².